The first-order valence-electron chi connectivity index (χ1n) is 7.62. The second-order valence-corrected chi connectivity index (χ2v) is 5.52. The van der Waals surface area contributed by atoms with Gasteiger partial charge in [-0.05, 0) is 41.5 Å². The van der Waals surface area contributed by atoms with Gasteiger partial charge in [0.15, 0.2) is 11.5 Å². The molecule has 0 radical (unpaired) electrons. The van der Waals surface area contributed by atoms with Gasteiger partial charge in [-0.15, -0.1) is 0 Å². The molecule has 1 N–H and O–H groups in total. The van der Waals surface area contributed by atoms with E-state index < -0.39 is 5.97 Å². The van der Waals surface area contributed by atoms with Crippen LogP contribution in [0, 0.1) is 0 Å². The van der Waals surface area contributed by atoms with Crippen LogP contribution >= 0.6 is 0 Å². The zero-order chi connectivity index (χ0) is 16.5. The molecule has 5 nitrogen and oxygen atoms in total. The van der Waals surface area contributed by atoms with E-state index in [1.54, 1.807) is 12.1 Å². The molecule has 0 aliphatic carbocycles. The Balaban J connectivity index is 1.64. The van der Waals surface area contributed by atoms with Crippen molar-refractivity contribution in [3.05, 3.63) is 66.5 Å². The molecule has 0 unspecified atom stereocenters. The molecule has 1 aliphatic heterocycles. The monoisotopic (exact) mass is 321 g/mol. The number of rotatable bonds is 3. The number of ether oxygens (including phenoxy) is 2. The quantitative estimate of drug-likeness (QED) is 0.800. The molecule has 1 aliphatic rings. The standard InChI is InChI=1S/C19H15NO4/c21-19(22)14-3-1-13(2-4-14)15-7-8-20(12-15)16-5-6-17-18(11-16)24-10-9-23-17/h1-8,11-12H,9-10H2,(H,21,22). The summed E-state index contributed by atoms with van der Waals surface area (Å²) in [6.07, 6.45) is 3.97. The SMILES string of the molecule is O=C(O)c1ccc(-c2ccn(-c3ccc4c(c3)OCCO4)c2)cc1. The first-order chi connectivity index (χ1) is 11.7. The van der Waals surface area contributed by atoms with E-state index in [9.17, 15) is 4.79 Å². The molecule has 0 amide bonds. The lowest BCUT2D eigenvalue weighted by molar-refractivity contribution is 0.0697. The van der Waals surface area contributed by atoms with Gasteiger partial charge in [-0.3, -0.25) is 0 Å². The fourth-order valence-corrected chi connectivity index (χ4v) is 2.73. The molecule has 2 heterocycles. The maximum atomic E-state index is 10.9. The normalized spacial score (nSPS) is 12.8. The Labute approximate surface area is 138 Å². The van der Waals surface area contributed by atoms with Gasteiger partial charge in [0.1, 0.15) is 13.2 Å². The molecular formula is C19H15NO4. The third-order valence-corrected chi connectivity index (χ3v) is 3.98. The third kappa shape index (κ3) is 2.60. The van der Waals surface area contributed by atoms with Crippen molar-refractivity contribution in [2.75, 3.05) is 13.2 Å². The molecule has 1 aromatic heterocycles. The van der Waals surface area contributed by atoms with E-state index in [0.717, 1.165) is 28.3 Å². The average Bonchev–Trinajstić information content (AvgIpc) is 3.11. The highest BCUT2D eigenvalue weighted by molar-refractivity contribution is 5.88. The van der Waals surface area contributed by atoms with Crippen LogP contribution in [0.25, 0.3) is 16.8 Å². The van der Waals surface area contributed by atoms with Crippen LogP contribution in [0.5, 0.6) is 11.5 Å². The van der Waals surface area contributed by atoms with Crippen LogP contribution in [0.3, 0.4) is 0 Å². The van der Waals surface area contributed by atoms with Gasteiger partial charge in [0.2, 0.25) is 0 Å². The largest absolute Gasteiger partial charge is 0.486 e. The summed E-state index contributed by atoms with van der Waals surface area (Å²) < 4.78 is 13.2. The number of carboxylic acids is 1. The summed E-state index contributed by atoms with van der Waals surface area (Å²) in [5, 5.41) is 8.97. The smallest absolute Gasteiger partial charge is 0.335 e. The van der Waals surface area contributed by atoms with Crippen molar-refractivity contribution in [2.45, 2.75) is 0 Å². The fraction of sp³-hybridized carbons (Fsp3) is 0.105. The number of nitrogens with zero attached hydrogens (tertiary/aromatic N) is 1. The number of hydrogen-bond acceptors (Lipinski definition) is 3. The Morgan fingerprint density at radius 1 is 0.917 bits per heavy atom. The van der Waals surface area contributed by atoms with Crippen LogP contribution in [0.15, 0.2) is 60.9 Å². The number of benzene rings is 2. The molecule has 120 valence electrons. The summed E-state index contributed by atoms with van der Waals surface area (Å²) in [6, 6.07) is 14.7. The van der Waals surface area contributed by atoms with Crippen LogP contribution in [0.4, 0.5) is 0 Å². The molecule has 0 atom stereocenters. The summed E-state index contributed by atoms with van der Waals surface area (Å²) in [6.45, 7) is 1.13. The topological polar surface area (TPSA) is 60.7 Å². The van der Waals surface area contributed by atoms with Crippen molar-refractivity contribution >= 4 is 5.97 Å². The van der Waals surface area contributed by atoms with Gasteiger partial charge in [0.25, 0.3) is 0 Å². The first kappa shape index (κ1) is 14.4. The number of carbonyl (C=O) groups is 1. The van der Waals surface area contributed by atoms with Gasteiger partial charge in [0, 0.05) is 24.1 Å². The molecule has 2 aromatic carbocycles. The van der Waals surface area contributed by atoms with Crippen molar-refractivity contribution in [2.24, 2.45) is 0 Å². The van der Waals surface area contributed by atoms with Crippen molar-refractivity contribution in [3.63, 3.8) is 0 Å². The highest BCUT2D eigenvalue weighted by atomic mass is 16.6. The van der Waals surface area contributed by atoms with E-state index in [4.69, 9.17) is 14.6 Å². The minimum absolute atomic E-state index is 0.282. The zero-order valence-electron chi connectivity index (χ0n) is 12.8. The molecule has 0 spiro atoms. The second-order valence-electron chi connectivity index (χ2n) is 5.52. The summed E-state index contributed by atoms with van der Waals surface area (Å²) in [5.41, 5.74) is 3.25. The van der Waals surface area contributed by atoms with Crippen LogP contribution in [-0.2, 0) is 0 Å². The predicted octanol–water partition coefficient (Wildman–Crippen LogP) is 3.61. The van der Waals surface area contributed by atoms with Crippen molar-refractivity contribution in [1.29, 1.82) is 0 Å². The molecule has 0 saturated carbocycles. The van der Waals surface area contributed by atoms with Gasteiger partial charge in [-0.2, -0.15) is 0 Å². The van der Waals surface area contributed by atoms with E-state index in [2.05, 4.69) is 0 Å². The number of carboxylic acid groups (broad SMARTS) is 1. The molecule has 24 heavy (non-hydrogen) atoms. The Morgan fingerprint density at radius 3 is 2.42 bits per heavy atom. The number of fused-ring (bicyclic) bond motifs is 1. The van der Waals surface area contributed by atoms with Crippen LogP contribution < -0.4 is 9.47 Å². The summed E-state index contributed by atoms with van der Waals surface area (Å²) in [7, 11) is 0. The summed E-state index contributed by atoms with van der Waals surface area (Å²) >= 11 is 0. The second kappa shape index (κ2) is 5.77. The minimum atomic E-state index is -0.921. The van der Waals surface area contributed by atoms with Crippen molar-refractivity contribution in [1.82, 2.24) is 4.57 Å². The van der Waals surface area contributed by atoms with Crippen molar-refractivity contribution < 1.29 is 19.4 Å². The molecule has 3 aromatic rings. The van der Waals surface area contributed by atoms with Gasteiger partial charge in [-0.1, -0.05) is 12.1 Å². The summed E-state index contributed by atoms with van der Waals surface area (Å²) in [4.78, 5) is 10.9. The highest BCUT2D eigenvalue weighted by Gasteiger charge is 2.12. The maximum absolute atomic E-state index is 10.9. The fourth-order valence-electron chi connectivity index (χ4n) is 2.73. The van der Waals surface area contributed by atoms with E-state index in [0.29, 0.717) is 13.2 Å². The minimum Gasteiger partial charge on any atom is -0.486 e. The van der Waals surface area contributed by atoms with Gasteiger partial charge < -0.3 is 19.1 Å². The van der Waals surface area contributed by atoms with E-state index in [1.807, 2.05) is 53.4 Å². The molecule has 4 rings (SSSR count). The van der Waals surface area contributed by atoms with Gasteiger partial charge in [0.05, 0.1) is 5.56 Å². The molecular weight excluding hydrogens is 306 g/mol. The first-order valence-corrected chi connectivity index (χ1v) is 7.62. The lowest BCUT2D eigenvalue weighted by Gasteiger charge is -2.19. The molecule has 0 saturated heterocycles. The molecule has 5 heteroatoms. The van der Waals surface area contributed by atoms with Gasteiger partial charge >= 0.3 is 5.97 Å². The number of hydrogen-bond donors (Lipinski definition) is 1. The average molecular weight is 321 g/mol. The Kier molecular flexibility index (Phi) is 3.46. The third-order valence-electron chi connectivity index (χ3n) is 3.98. The summed E-state index contributed by atoms with van der Waals surface area (Å²) in [5.74, 6) is 0.594. The van der Waals surface area contributed by atoms with E-state index >= 15 is 0 Å². The van der Waals surface area contributed by atoms with E-state index in [-0.39, 0.29) is 5.56 Å². The Morgan fingerprint density at radius 2 is 1.67 bits per heavy atom. The Hall–Kier alpha value is -3.21. The lowest BCUT2D eigenvalue weighted by atomic mass is 10.1. The van der Waals surface area contributed by atoms with Gasteiger partial charge in [-0.25, -0.2) is 4.79 Å². The van der Waals surface area contributed by atoms with Crippen LogP contribution in [0.2, 0.25) is 0 Å². The Bertz CT molecular complexity index is 896. The zero-order valence-corrected chi connectivity index (χ0v) is 12.8. The van der Waals surface area contributed by atoms with E-state index in [1.165, 1.54) is 0 Å². The maximum Gasteiger partial charge on any atom is 0.335 e. The molecule has 0 bridgehead atoms. The van der Waals surface area contributed by atoms with Crippen LogP contribution in [0.1, 0.15) is 10.4 Å². The number of aromatic carboxylic acids is 1. The number of aromatic nitrogens is 1. The van der Waals surface area contributed by atoms with Crippen molar-refractivity contribution in [3.8, 4) is 28.3 Å². The van der Waals surface area contributed by atoms with Crippen LogP contribution in [-0.4, -0.2) is 28.9 Å². The molecule has 0 fully saturated rings. The highest BCUT2D eigenvalue weighted by Crippen LogP contribution is 2.32. The predicted molar refractivity (Wildman–Crippen MR) is 89.2 cm³/mol. The lowest BCUT2D eigenvalue weighted by Crippen LogP contribution is -2.15.